The number of phenolic OH excluding ortho intramolecular Hbond substituents is 1. The van der Waals surface area contributed by atoms with Crippen molar-refractivity contribution in [3.8, 4) is 5.75 Å². The number of aryl methyl sites for hydroxylation is 1. The minimum absolute atomic E-state index is 0.354. The zero-order chi connectivity index (χ0) is 14.1. The molecule has 0 fully saturated rings. The fourth-order valence-corrected chi connectivity index (χ4v) is 2.39. The lowest BCUT2D eigenvalue weighted by Crippen LogP contribution is -2.00. The van der Waals surface area contributed by atoms with E-state index in [4.69, 9.17) is 4.42 Å². The number of anilines is 1. The summed E-state index contributed by atoms with van der Waals surface area (Å²) in [5.74, 6) is 0.354. The first kappa shape index (κ1) is 12.6. The van der Waals surface area contributed by atoms with Gasteiger partial charge in [0.05, 0.1) is 6.26 Å². The van der Waals surface area contributed by atoms with Crippen LogP contribution < -0.4 is 5.32 Å². The monoisotopic (exact) mass is 267 g/mol. The Morgan fingerprint density at radius 1 is 1.10 bits per heavy atom. The molecule has 0 saturated heterocycles. The largest absolute Gasteiger partial charge is 0.507 e. The second kappa shape index (κ2) is 4.93. The summed E-state index contributed by atoms with van der Waals surface area (Å²) in [6, 6.07) is 11.9. The fourth-order valence-electron chi connectivity index (χ4n) is 2.39. The van der Waals surface area contributed by atoms with E-state index in [9.17, 15) is 5.11 Å². The van der Waals surface area contributed by atoms with Crippen LogP contribution in [-0.2, 0) is 6.54 Å². The van der Waals surface area contributed by atoms with Crippen LogP contribution in [0.1, 0.15) is 16.7 Å². The van der Waals surface area contributed by atoms with Crippen molar-refractivity contribution < 1.29 is 9.52 Å². The molecular formula is C17H17NO2. The van der Waals surface area contributed by atoms with Crippen LogP contribution in [0.25, 0.3) is 11.0 Å². The Labute approximate surface area is 117 Å². The predicted molar refractivity (Wildman–Crippen MR) is 81.1 cm³/mol. The summed E-state index contributed by atoms with van der Waals surface area (Å²) in [5.41, 5.74) is 4.71. The van der Waals surface area contributed by atoms with E-state index >= 15 is 0 Å². The van der Waals surface area contributed by atoms with E-state index in [1.165, 1.54) is 0 Å². The van der Waals surface area contributed by atoms with E-state index in [-0.39, 0.29) is 0 Å². The van der Waals surface area contributed by atoms with Gasteiger partial charge in [0, 0.05) is 28.7 Å². The van der Waals surface area contributed by atoms with Gasteiger partial charge in [0.15, 0.2) is 0 Å². The highest BCUT2D eigenvalue weighted by Gasteiger charge is 2.08. The molecule has 0 amide bonds. The summed E-state index contributed by atoms with van der Waals surface area (Å²) in [7, 11) is 0. The van der Waals surface area contributed by atoms with Gasteiger partial charge >= 0.3 is 0 Å². The number of benzene rings is 2. The van der Waals surface area contributed by atoms with Gasteiger partial charge in [-0.15, -0.1) is 0 Å². The molecule has 0 unspecified atom stereocenters. The molecule has 0 aliphatic rings. The molecule has 3 heteroatoms. The summed E-state index contributed by atoms with van der Waals surface area (Å²) >= 11 is 0. The second-order valence-electron chi connectivity index (χ2n) is 5.01. The van der Waals surface area contributed by atoms with E-state index in [0.29, 0.717) is 12.3 Å². The van der Waals surface area contributed by atoms with Crippen molar-refractivity contribution in [3.05, 3.63) is 59.4 Å². The molecule has 2 N–H and O–H groups in total. The maximum atomic E-state index is 9.96. The number of phenols is 1. The Balaban J connectivity index is 1.85. The van der Waals surface area contributed by atoms with Crippen LogP contribution in [0, 0.1) is 13.8 Å². The Hall–Kier alpha value is -2.42. The molecular weight excluding hydrogens is 250 g/mol. The zero-order valence-electron chi connectivity index (χ0n) is 11.6. The van der Waals surface area contributed by atoms with Gasteiger partial charge in [0.1, 0.15) is 11.3 Å². The molecule has 0 spiro atoms. The molecule has 0 radical (unpaired) electrons. The van der Waals surface area contributed by atoms with E-state index in [1.807, 2.05) is 44.2 Å². The summed E-state index contributed by atoms with van der Waals surface area (Å²) in [6.07, 6.45) is 1.78. The first-order valence-corrected chi connectivity index (χ1v) is 6.65. The van der Waals surface area contributed by atoms with Crippen LogP contribution in [0.15, 0.2) is 47.1 Å². The second-order valence-corrected chi connectivity index (χ2v) is 5.01. The highest BCUT2D eigenvalue weighted by atomic mass is 16.3. The van der Waals surface area contributed by atoms with Crippen LogP contribution in [0.4, 0.5) is 5.69 Å². The van der Waals surface area contributed by atoms with E-state index < -0.39 is 0 Å². The maximum Gasteiger partial charge on any atom is 0.134 e. The third-order valence-corrected chi connectivity index (χ3v) is 3.66. The van der Waals surface area contributed by atoms with Crippen LogP contribution >= 0.6 is 0 Å². The molecule has 1 aromatic heterocycles. The van der Waals surface area contributed by atoms with Gasteiger partial charge in [-0.1, -0.05) is 24.3 Å². The van der Waals surface area contributed by atoms with Crippen molar-refractivity contribution in [1.82, 2.24) is 0 Å². The lowest BCUT2D eigenvalue weighted by molar-refractivity contribution is 0.467. The molecule has 3 nitrogen and oxygen atoms in total. The first-order chi connectivity index (χ1) is 9.66. The van der Waals surface area contributed by atoms with E-state index in [0.717, 1.165) is 33.3 Å². The van der Waals surface area contributed by atoms with Crippen molar-refractivity contribution in [3.63, 3.8) is 0 Å². The Morgan fingerprint density at radius 3 is 2.75 bits per heavy atom. The van der Waals surface area contributed by atoms with Gasteiger partial charge in [0.25, 0.3) is 0 Å². The smallest absolute Gasteiger partial charge is 0.134 e. The number of hydrogen-bond donors (Lipinski definition) is 2. The molecule has 3 aromatic rings. The van der Waals surface area contributed by atoms with Crippen LogP contribution in [0.2, 0.25) is 0 Å². The lowest BCUT2D eigenvalue weighted by atomic mass is 10.1. The Morgan fingerprint density at radius 2 is 1.90 bits per heavy atom. The van der Waals surface area contributed by atoms with Crippen molar-refractivity contribution in [2.45, 2.75) is 20.4 Å². The average molecular weight is 267 g/mol. The standard InChI is InChI=1S/C17H17NO2/c1-11-7-8-15(12(2)17(11)19)18-9-13-10-20-16-6-4-3-5-14(13)16/h3-8,10,18-19H,9H2,1-2H3. The molecule has 0 aliphatic carbocycles. The van der Waals surface area contributed by atoms with Gasteiger partial charge in [-0.2, -0.15) is 0 Å². The third-order valence-electron chi connectivity index (χ3n) is 3.66. The molecule has 0 aliphatic heterocycles. The average Bonchev–Trinajstić information content (AvgIpc) is 2.87. The number of para-hydroxylation sites is 1. The Bertz CT molecular complexity index is 759. The minimum atomic E-state index is 0.354. The molecule has 0 saturated carbocycles. The van der Waals surface area contributed by atoms with Gasteiger partial charge in [0.2, 0.25) is 0 Å². The quantitative estimate of drug-likeness (QED) is 0.740. The maximum absolute atomic E-state index is 9.96. The van der Waals surface area contributed by atoms with Crippen molar-refractivity contribution >= 4 is 16.7 Å². The molecule has 1 heterocycles. The summed E-state index contributed by atoms with van der Waals surface area (Å²) in [6.45, 7) is 4.48. The number of furan rings is 1. The topological polar surface area (TPSA) is 45.4 Å². The number of fused-ring (bicyclic) bond motifs is 1. The fraction of sp³-hybridized carbons (Fsp3) is 0.176. The van der Waals surface area contributed by atoms with Crippen LogP contribution in [0.5, 0.6) is 5.75 Å². The highest BCUT2D eigenvalue weighted by Crippen LogP contribution is 2.29. The Kier molecular flexibility index (Phi) is 3.11. The zero-order valence-corrected chi connectivity index (χ0v) is 11.6. The number of rotatable bonds is 3. The molecule has 0 bridgehead atoms. The van der Waals surface area contributed by atoms with Gasteiger partial charge in [-0.25, -0.2) is 0 Å². The number of aromatic hydroxyl groups is 1. The number of nitrogens with one attached hydrogen (secondary N) is 1. The van der Waals surface area contributed by atoms with Crippen molar-refractivity contribution in [1.29, 1.82) is 0 Å². The predicted octanol–water partition coefficient (Wildman–Crippen LogP) is 4.37. The third kappa shape index (κ3) is 2.11. The molecule has 2 aromatic carbocycles. The molecule has 102 valence electrons. The van der Waals surface area contributed by atoms with E-state index in [1.54, 1.807) is 6.26 Å². The highest BCUT2D eigenvalue weighted by molar-refractivity contribution is 5.81. The lowest BCUT2D eigenvalue weighted by Gasteiger charge is -2.11. The van der Waals surface area contributed by atoms with Crippen molar-refractivity contribution in [2.75, 3.05) is 5.32 Å². The van der Waals surface area contributed by atoms with Crippen LogP contribution in [-0.4, -0.2) is 5.11 Å². The minimum Gasteiger partial charge on any atom is -0.507 e. The molecule has 20 heavy (non-hydrogen) atoms. The van der Waals surface area contributed by atoms with Crippen molar-refractivity contribution in [2.24, 2.45) is 0 Å². The van der Waals surface area contributed by atoms with Gasteiger partial charge in [-0.05, 0) is 31.5 Å². The summed E-state index contributed by atoms with van der Waals surface area (Å²) in [4.78, 5) is 0. The number of hydrogen-bond acceptors (Lipinski definition) is 3. The summed E-state index contributed by atoms with van der Waals surface area (Å²) in [5, 5.41) is 14.4. The molecule has 3 rings (SSSR count). The molecule has 0 atom stereocenters. The summed E-state index contributed by atoms with van der Waals surface area (Å²) < 4.78 is 5.52. The van der Waals surface area contributed by atoms with Gasteiger partial charge in [-0.3, -0.25) is 0 Å². The van der Waals surface area contributed by atoms with E-state index in [2.05, 4.69) is 11.4 Å². The normalized spacial score (nSPS) is 10.9. The SMILES string of the molecule is Cc1ccc(NCc2coc3ccccc23)c(C)c1O. The van der Waals surface area contributed by atoms with Gasteiger partial charge < -0.3 is 14.8 Å². The first-order valence-electron chi connectivity index (χ1n) is 6.65. The van der Waals surface area contributed by atoms with Crippen LogP contribution in [0.3, 0.4) is 0 Å².